The first-order chi connectivity index (χ1) is 9.87. The molecule has 1 fully saturated rings. The molecule has 1 aliphatic rings. The van der Waals surface area contributed by atoms with E-state index in [9.17, 15) is 8.42 Å². The van der Waals surface area contributed by atoms with E-state index >= 15 is 0 Å². The number of rotatable bonds is 2. The smallest absolute Gasteiger partial charge is 0.150 e. The van der Waals surface area contributed by atoms with Gasteiger partial charge in [0, 0.05) is 17.6 Å². The lowest BCUT2D eigenvalue weighted by atomic mass is 10.1. The van der Waals surface area contributed by atoms with Crippen LogP contribution >= 0.6 is 0 Å². The first kappa shape index (κ1) is 14.4. The Morgan fingerprint density at radius 3 is 2.57 bits per heavy atom. The van der Waals surface area contributed by atoms with Crippen molar-refractivity contribution >= 4 is 26.6 Å². The van der Waals surface area contributed by atoms with Crippen LogP contribution in [0.1, 0.15) is 44.5 Å². The van der Waals surface area contributed by atoms with Crippen LogP contribution in [-0.4, -0.2) is 29.5 Å². The Morgan fingerprint density at radius 2 is 1.95 bits per heavy atom. The van der Waals surface area contributed by atoms with Gasteiger partial charge in [-0.2, -0.15) is 0 Å². The van der Waals surface area contributed by atoms with Gasteiger partial charge >= 0.3 is 0 Å². The summed E-state index contributed by atoms with van der Waals surface area (Å²) in [5, 5.41) is 0. The Morgan fingerprint density at radius 1 is 1.29 bits per heavy atom. The molecule has 0 radical (unpaired) electrons. The molecule has 0 spiro atoms. The van der Waals surface area contributed by atoms with E-state index in [1.54, 1.807) is 0 Å². The Labute approximate surface area is 125 Å². The van der Waals surface area contributed by atoms with E-state index in [0.29, 0.717) is 18.5 Å². The van der Waals surface area contributed by atoms with Gasteiger partial charge in [0.05, 0.1) is 22.5 Å². The van der Waals surface area contributed by atoms with E-state index < -0.39 is 9.84 Å². The van der Waals surface area contributed by atoms with Crippen LogP contribution in [0.2, 0.25) is 0 Å². The third kappa shape index (κ3) is 2.64. The van der Waals surface area contributed by atoms with Gasteiger partial charge in [0.15, 0.2) is 0 Å². The molecule has 5 nitrogen and oxygen atoms in total. The number of nitrogens with two attached hydrogens (primary N) is 1. The van der Waals surface area contributed by atoms with Crippen LogP contribution in [0.5, 0.6) is 0 Å². The maximum atomic E-state index is 11.7. The summed E-state index contributed by atoms with van der Waals surface area (Å²) in [5.74, 6) is 1.84. The lowest BCUT2D eigenvalue weighted by Gasteiger charge is -2.26. The summed E-state index contributed by atoms with van der Waals surface area (Å²) in [4.78, 5) is 4.72. The van der Waals surface area contributed by atoms with Gasteiger partial charge in [-0.1, -0.05) is 13.8 Å². The van der Waals surface area contributed by atoms with Gasteiger partial charge in [-0.05, 0) is 31.0 Å². The van der Waals surface area contributed by atoms with Crippen molar-refractivity contribution in [3.8, 4) is 0 Å². The summed E-state index contributed by atoms with van der Waals surface area (Å²) < 4.78 is 25.5. The van der Waals surface area contributed by atoms with E-state index in [1.165, 1.54) is 0 Å². The van der Waals surface area contributed by atoms with Crippen molar-refractivity contribution in [2.45, 2.75) is 38.6 Å². The molecule has 0 aliphatic carbocycles. The molecule has 0 bridgehead atoms. The highest BCUT2D eigenvalue weighted by molar-refractivity contribution is 7.91. The van der Waals surface area contributed by atoms with Crippen molar-refractivity contribution in [1.82, 2.24) is 9.55 Å². The first-order valence-corrected chi connectivity index (χ1v) is 9.17. The lowest BCUT2D eigenvalue weighted by molar-refractivity contribution is 0.440. The highest BCUT2D eigenvalue weighted by atomic mass is 32.2. The van der Waals surface area contributed by atoms with Gasteiger partial charge in [-0.3, -0.25) is 0 Å². The standard InChI is InChI=1S/C15H21N3O2S/c1-10(2)15-17-13-9-11(16)3-4-14(13)18(15)12-5-7-21(19,20)8-6-12/h3-4,9-10,12H,5-8,16H2,1-2H3. The number of fused-ring (bicyclic) bond motifs is 1. The Kier molecular flexibility index (Phi) is 3.43. The molecule has 1 aromatic carbocycles. The average molecular weight is 307 g/mol. The summed E-state index contributed by atoms with van der Waals surface area (Å²) in [5.41, 5.74) is 8.50. The number of aromatic nitrogens is 2. The summed E-state index contributed by atoms with van der Waals surface area (Å²) in [6.45, 7) is 4.22. The first-order valence-electron chi connectivity index (χ1n) is 7.35. The number of hydrogen-bond donors (Lipinski definition) is 1. The van der Waals surface area contributed by atoms with E-state index in [-0.39, 0.29) is 23.5 Å². The summed E-state index contributed by atoms with van der Waals surface area (Å²) in [7, 11) is -2.85. The van der Waals surface area contributed by atoms with Gasteiger partial charge in [0.25, 0.3) is 0 Å². The second-order valence-electron chi connectivity index (χ2n) is 6.13. The van der Waals surface area contributed by atoms with Gasteiger partial charge in [-0.25, -0.2) is 13.4 Å². The van der Waals surface area contributed by atoms with Crippen molar-refractivity contribution < 1.29 is 8.42 Å². The molecule has 1 aromatic heterocycles. The number of nitrogens with zero attached hydrogens (tertiary/aromatic N) is 2. The van der Waals surface area contributed by atoms with Crippen LogP contribution in [-0.2, 0) is 9.84 Å². The molecule has 2 heterocycles. The second-order valence-corrected chi connectivity index (χ2v) is 8.43. The van der Waals surface area contributed by atoms with Crippen LogP contribution in [0.3, 0.4) is 0 Å². The molecule has 0 saturated carbocycles. The molecule has 1 aliphatic heterocycles. The van der Waals surface area contributed by atoms with E-state index in [4.69, 9.17) is 10.7 Å². The third-order valence-electron chi connectivity index (χ3n) is 4.15. The average Bonchev–Trinajstić information content (AvgIpc) is 2.77. The molecule has 0 unspecified atom stereocenters. The van der Waals surface area contributed by atoms with E-state index in [1.807, 2.05) is 18.2 Å². The molecule has 6 heteroatoms. The predicted octanol–water partition coefficient (Wildman–Crippen LogP) is 2.49. The maximum Gasteiger partial charge on any atom is 0.150 e. The van der Waals surface area contributed by atoms with Crippen LogP contribution < -0.4 is 5.73 Å². The van der Waals surface area contributed by atoms with Crippen molar-refractivity contribution in [2.24, 2.45) is 0 Å². The Hall–Kier alpha value is -1.56. The monoisotopic (exact) mass is 307 g/mol. The van der Waals surface area contributed by atoms with Crippen LogP contribution in [0.15, 0.2) is 18.2 Å². The highest BCUT2D eigenvalue weighted by Gasteiger charge is 2.28. The fraction of sp³-hybridized carbons (Fsp3) is 0.533. The third-order valence-corrected chi connectivity index (χ3v) is 5.86. The van der Waals surface area contributed by atoms with Gasteiger partial charge in [-0.15, -0.1) is 0 Å². The van der Waals surface area contributed by atoms with Crippen molar-refractivity contribution in [1.29, 1.82) is 0 Å². The second kappa shape index (κ2) is 5.02. The minimum Gasteiger partial charge on any atom is -0.399 e. The summed E-state index contributed by atoms with van der Waals surface area (Å²) >= 11 is 0. The SMILES string of the molecule is CC(C)c1nc2cc(N)ccc2n1C1CCS(=O)(=O)CC1. The van der Waals surface area contributed by atoms with E-state index in [2.05, 4.69) is 18.4 Å². The van der Waals surface area contributed by atoms with Gasteiger partial charge in [0.1, 0.15) is 15.7 Å². The van der Waals surface area contributed by atoms with Crippen molar-refractivity contribution in [2.75, 3.05) is 17.2 Å². The molecule has 2 aromatic rings. The number of anilines is 1. The molecule has 3 rings (SSSR count). The number of sulfone groups is 1. The predicted molar refractivity (Wildman–Crippen MR) is 85.2 cm³/mol. The minimum atomic E-state index is -2.85. The molecule has 2 N–H and O–H groups in total. The minimum absolute atomic E-state index is 0.208. The number of hydrogen-bond acceptors (Lipinski definition) is 4. The van der Waals surface area contributed by atoms with Crippen LogP contribution in [0.4, 0.5) is 5.69 Å². The molecule has 21 heavy (non-hydrogen) atoms. The summed E-state index contributed by atoms with van der Waals surface area (Å²) in [6.07, 6.45) is 1.33. The van der Waals surface area contributed by atoms with Gasteiger partial charge < -0.3 is 10.3 Å². The number of imidazole rings is 1. The van der Waals surface area contributed by atoms with Crippen molar-refractivity contribution in [3.63, 3.8) is 0 Å². The van der Waals surface area contributed by atoms with Crippen LogP contribution in [0, 0.1) is 0 Å². The fourth-order valence-electron chi connectivity index (χ4n) is 3.06. The topological polar surface area (TPSA) is 78.0 Å². The fourth-order valence-corrected chi connectivity index (χ4v) is 4.53. The van der Waals surface area contributed by atoms with Gasteiger partial charge in [0.2, 0.25) is 0 Å². The molecule has 114 valence electrons. The molecule has 1 saturated heterocycles. The zero-order valence-corrected chi connectivity index (χ0v) is 13.2. The zero-order valence-electron chi connectivity index (χ0n) is 12.4. The summed E-state index contributed by atoms with van der Waals surface area (Å²) in [6, 6.07) is 5.97. The lowest BCUT2D eigenvalue weighted by Crippen LogP contribution is -2.26. The number of nitrogen functional groups attached to an aromatic ring is 1. The zero-order chi connectivity index (χ0) is 15.2. The Bertz CT molecular complexity index is 764. The van der Waals surface area contributed by atoms with E-state index in [0.717, 1.165) is 16.9 Å². The molecular formula is C15H21N3O2S. The number of benzene rings is 1. The maximum absolute atomic E-state index is 11.7. The largest absolute Gasteiger partial charge is 0.399 e. The molecule has 0 atom stereocenters. The Balaban J connectivity index is 2.10. The quantitative estimate of drug-likeness (QED) is 0.865. The molecule has 0 amide bonds. The molecular weight excluding hydrogens is 286 g/mol. The normalized spacial score (nSPS) is 19.4. The van der Waals surface area contributed by atoms with Crippen molar-refractivity contribution in [3.05, 3.63) is 24.0 Å². The highest BCUT2D eigenvalue weighted by Crippen LogP contribution is 2.32. The van der Waals surface area contributed by atoms with Crippen LogP contribution in [0.25, 0.3) is 11.0 Å².